The lowest BCUT2D eigenvalue weighted by molar-refractivity contribution is -0.138. The Bertz CT molecular complexity index is 598. The molecule has 0 radical (unpaired) electrons. The summed E-state index contributed by atoms with van der Waals surface area (Å²) in [6.07, 6.45) is 6.15. The molecule has 0 spiro atoms. The van der Waals surface area contributed by atoms with Crippen LogP contribution in [0.15, 0.2) is 12.4 Å². The lowest BCUT2D eigenvalue weighted by atomic mass is 9.77. The van der Waals surface area contributed by atoms with Gasteiger partial charge in [-0.1, -0.05) is 0 Å². The molecule has 6 heteroatoms. The van der Waals surface area contributed by atoms with Crippen molar-refractivity contribution in [2.24, 2.45) is 11.8 Å². The van der Waals surface area contributed by atoms with Crippen molar-refractivity contribution in [3.8, 4) is 0 Å². The Labute approximate surface area is 151 Å². The summed E-state index contributed by atoms with van der Waals surface area (Å²) in [7, 11) is 3.54. The molecule has 2 fully saturated rings. The minimum Gasteiger partial charge on any atom is -0.366 e. The van der Waals surface area contributed by atoms with Crippen LogP contribution in [-0.4, -0.2) is 71.4 Å². The molecule has 1 amide bonds. The Hall–Kier alpha value is -1.40. The third kappa shape index (κ3) is 4.06. The minimum atomic E-state index is 0.0211. The fourth-order valence-corrected chi connectivity index (χ4v) is 4.23. The van der Waals surface area contributed by atoms with Crippen molar-refractivity contribution in [2.45, 2.75) is 51.8 Å². The Morgan fingerprint density at radius 3 is 2.56 bits per heavy atom. The molecule has 2 heterocycles. The molecule has 0 bridgehead atoms. The molecular formula is C19H32N4O2. The van der Waals surface area contributed by atoms with Gasteiger partial charge in [-0.3, -0.25) is 9.48 Å². The molecule has 3 rings (SSSR count). The molecule has 6 nitrogen and oxygen atoms in total. The molecule has 2 aliphatic rings. The number of ether oxygens (including phenoxy) is 1. The summed E-state index contributed by atoms with van der Waals surface area (Å²) in [6.45, 7) is 9.08. The number of likely N-dealkylation sites (tertiary alicyclic amines) is 1. The largest absolute Gasteiger partial charge is 0.366 e. The van der Waals surface area contributed by atoms with Crippen LogP contribution in [0, 0.1) is 18.8 Å². The number of carbonyl (C=O) groups is 1. The lowest BCUT2D eigenvalue weighted by Crippen LogP contribution is -2.40. The van der Waals surface area contributed by atoms with Crippen LogP contribution in [0.1, 0.15) is 38.3 Å². The van der Waals surface area contributed by atoms with Gasteiger partial charge in [-0.2, -0.15) is 5.10 Å². The van der Waals surface area contributed by atoms with E-state index in [9.17, 15) is 4.79 Å². The van der Waals surface area contributed by atoms with Crippen molar-refractivity contribution >= 4 is 5.91 Å². The van der Waals surface area contributed by atoms with Crippen LogP contribution >= 0.6 is 0 Å². The zero-order valence-corrected chi connectivity index (χ0v) is 16.2. The van der Waals surface area contributed by atoms with Crippen molar-refractivity contribution in [2.75, 3.05) is 33.8 Å². The van der Waals surface area contributed by atoms with Gasteiger partial charge in [0.15, 0.2) is 0 Å². The fraction of sp³-hybridized carbons (Fsp3) is 0.789. The zero-order chi connectivity index (χ0) is 18.1. The maximum atomic E-state index is 12.0. The normalized spacial score (nSPS) is 29.8. The number of aromatic nitrogens is 2. The average Bonchev–Trinajstić information content (AvgIpc) is 3.17. The van der Waals surface area contributed by atoms with Gasteiger partial charge in [0.2, 0.25) is 5.91 Å². The summed E-state index contributed by atoms with van der Waals surface area (Å²) >= 11 is 0. The fourth-order valence-electron chi connectivity index (χ4n) is 4.23. The van der Waals surface area contributed by atoms with Gasteiger partial charge in [-0.05, 0) is 51.0 Å². The summed E-state index contributed by atoms with van der Waals surface area (Å²) in [5.74, 6) is 1.38. The number of carbonyl (C=O) groups excluding carboxylic acids is 1. The average molecular weight is 348 g/mol. The van der Waals surface area contributed by atoms with Crippen LogP contribution in [0.4, 0.5) is 0 Å². The molecule has 1 aromatic heterocycles. The van der Waals surface area contributed by atoms with E-state index >= 15 is 0 Å². The van der Waals surface area contributed by atoms with Crippen LogP contribution < -0.4 is 0 Å². The Morgan fingerprint density at radius 1 is 1.32 bits per heavy atom. The summed E-state index contributed by atoms with van der Waals surface area (Å²) in [4.78, 5) is 16.1. The number of hydrogen-bond donors (Lipinski definition) is 0. The van der Waals surface area contributed by atoms with Crippen LogP contribution in [0.2, 0.25) is 0 Å². The van der Waals surface area contributed by atoms with Crippen molar-refractivity contribution in [3.63, 3.8) is 0 Å². The van der Waals surface area contributed by atoms with Gasteiger partial charge in [-0.15, -0.1) is 0 Å². The molecule has 25 heavy (non-hydrogen) atoms. The predicted molar refractivity (Wildman–Crippen MR) is 97.4 cm³/mol. The van der Waals surface area contributed by atoms with Gasteiger partial charge < -0.3 is 14.5 Å². The van der Waals surface area contributed by atoms with Gasteiger partial charge in [0.25, 0.3) is 0 Å². The standard InChI is InChI=1S/C19H32N4O2/c1-13(2)22-10-15-6-17(23-9-14(3)8-20-23)18(7-16(15)11-22)25-12-19(24)21(4)5/h8-9,13,15-18H,6-7,10-12H2,1-5H3/t15-,16+,17-,18-/m0/s1. The number of rotatable bonds is 5. The third-order valence-corrected chi connectivity index (χ3v) is 5.83. The summed E-state index contributed by atoms with van der Waals surface area (Å²) in [6, 6.07) is 0.808. The van der Waals surface area contributed by atoms with Crippen LogP contribution in [0.3, 0.4) is 0 Å². The predicted octanol–water partition coefficient (Wildman–Crippen LogP) is 1.96. The second-order valence-electron chi connectivity index (χ2n) is 8.24. The van der Waals surface area contributed by atoms with Gasteiger partial charge in [0, 0.05) is 39.4 Å². The van der Waals surface area contributed by atoms with E-state index in [4.69, 9.17) is 4.74 Å². The van der Waals surface area contributed by atoms with E-state index < -0.39 is 0 Å². The highest BCUT2D eigenvalue weighted by Gasteiger charge is 2.44. The highest BCUT2D eigenvalue weighted by atomic mass is 16.5. The van der Waals surface area contributed by atoms with E-state index in [1.165, 1.54) is 12.1 Å². The maximum absolute atomic E-state index is 12.0. The lowest BCUT2D eigenvalue weighted by Gasteiger charge is -2.38. The van der Waals surface area contributed by atoms with Crippen molar-refractivity contribution in [1.29, 1.82) is 0 Å². The number of amides is 1. The molecule has 4 atom stereocenters. The first kappa shape index (κ1) is 18.4. The van der Waals surface area contributed by atoms with Gasteiger partial charge in [-0.25, -0.2) is 0 Å². The van der Waals surface area contributed by atoms with E-state index in [2.05, 4.69) is 41.6 Å². The quantitative estimate of drug-likeness (QED) is 0.816. The highest BCUT2D eigenvalue weighted by molar-refractivity contribution is 5.76. The van der Waals surface area contributed by atoms with E-state index in [0.29, 0.717) is 17.9 Å². The molecule has 0 N–H and O–H groups in total. The summed E-state index contributed by atoms with van der Waals surface area (Å²) in [5.41, 5.74) is 1.17. The molecule has 1 aliphatic heterocycles. The first-order valence-corrected chi connectivity index (χ1v) is 9.41. The van der Waals surface area contributed by atoms with Crippen LogP contribution in [-0.2, 0) is 9.53 Å². The van der Waals surface area contributed by atoms with Gasteiger partial charge in [0.05, 0.1) is 18.3 Å². The Balaban J connectivity index is 1.74. The van der Waals surface area contributed by atoms with Crippen molar-refractivity contribution in [1.82, 2.24) is 19.6 Å². The highest BCUT2D eigenvalue weighted by Crippen LogP contribution is 2.42. The summed E-state index contributed by atoms with van der Waals surface area (Å²) in [5, 5.41) is 4.55. The molecule has 1 aliphatic carbocycles. The molecular weight excluding hydrogens is 316 g/mol. The Kier molecular flexibility index (Phi) is 5.49. The number of likely N-dealkylation sites (N-methyl/N-ethyl adjacent to an activating group) is 1. The number of aryl methyl sites for hydroxylation is 1. The van der Waals surface area contributed by atoms with Gasteiger partial charge in [0.1, 0.15) is 6.61 Å². The molecule has 1 aromatic rings. The van der Waals surface area contributed by atoms with Gasteiger partial charge >= 0.3 is 0 Å². The second kappa shape index (κ2) is 7.46. The van der Waals surface area contributed by atoms with E-state index in [0.717, 1.165) is 19.4 Å². The summed E-state index contributed by atoms with van der Waals surface area (Å²) < 4.78 is 8.18. The number of nitrogens with zero attached hydrogens (tertiary/aromatic N) is 4. The monoisotopic (exact) mass is 348 g/mol. The Morgan fingerprint density at radius 2 is 2.00 bits per heavy atom. The zero-order valence-electron chi connectivity index (χ0n) is 16.2. The van der Waals surface area contributed by atoms with Crippen LogP contribution in [0.5, 0.6) is 0 Å². The van der Waals surface area contributed by atoms with Crippen molar-refractivity contribution in [3.05, 3.63) is 18.0 Å². The topological polar surface area (TPSA) is 50.6 Å². The van der Waals surface area contributed by atoms with E-state index in [-0.39, 0.29) is 24.7 Å². The molecule has 1 saturated heterocycles. The molecule has 0 unspecified atom stereocenters. The minimum absolute atomic E-state index is 0.0211. The number of hydrogen-bond acceptors (Lipinski definition) is 4. The molecule has 140 valence electrons. The first-order chi connectivity index (χ1) is 11.8. The second-order valence-corrected chi connectivity index (χ2v) is 8.24. The number of fused-ring (bicyclic) bond motifs is 1. The van der Waals surface area contributed by atoms with Crippen molar-refractivity contribution < 1.29 is 9.53 Å². The van der Waals surface area contributed by atoms with E-state index in [1.54, 1.807) is 19.0 Å². The van der Waals surface area contributed by atoms with Crippen LogP contribution in [0.25, 0.3) is 0 Å². The maximum Gasteiger partial charge on any atom is 0.248 e. The molecule has 1 saturated carbocycles. The molecule has 0 aromatic carbocycles. The van der Waals surface area contributed by atoms with E-state index in [1.807, 2.05) is 6.20 Å². The first-order valence-electron chi connectivity index (χ1n) is 9.41. The third-order valence-electron chi connectivity index (χ3n) is 5.83. The SMILES string of the molecule is Cc1cnn([C@H]2C[C@H]3CN(C(C)C)C[C@H]3C[C@@H]2OCC(=O)N(C)C)c1. The smallest absolute Gasteiger partial charge is 0.248 e.